The van der Waals surface area contributed by atoms with E-state index in [-0.39, 0.29) is 16.4 Å². The molecule has 0 bridgehead atoms. The van der Waals surface area contributed by atoms with Gasteiger partial charge in [-0.25, -0.2) is 4.79 Å². The van der Waals surface area contributed by atoms with Crippen LogP contribution in [0.3, 0.4) is 0 Å². The Morgan fingerprint density at radius 3 is 1.49 bits per heavy atom. The number of fused-ring (bicyclic) bond motifs is 3. The molecule has 0 spiro atoms. The topological polar surface area (TPSA) is 91.3 Å². The highest BCUT2D eigenvalue weighted by atomic mass is 31.1. The average molecular weight is 581 g/mol. The zero-order valence-corrected chi connectivity index (χ0v) is 26.8. The molecule has 0 atom stereocenters. The van der Waals surface area contributed by atoms with Crippen molar-refractivity contribution < 1.29 is 32.3 Å². The smallest absolute Gasteiger partial charge is 0.453 e. The van der Waals surface area contributed by atoms with Gasteiger partial charge in [0.05, 0.1) is 19.8 Å². The molecule has 0 saturated carbocycles. The van der Waals surface area contributed by atoms with Crippen molar-refractivity contribution in [2.45, 2.75) is 78.6 Å². The molecule has 220 valence electrons. The summed E-state index contributed by atoms with van der Waals surface area (Å²) in [5.74, 6) is 0.921. The van der Waals surface area contributed by atoms with Gasteiger partial charge < -0.3 is 27.5 Å². The van der Waals surface area contributed by atoms with Gasteiger partial charge in [-0.2, -0.15) is 0 Å². The van der Waals surface area contributed by atoms with Gasteiger partial charge in [-0.15, -0.1) is 0 Å². The van der Waals surface area contributed by atoms with Gasteiger partial charge in [0.1, 0.15) is 28.4 Å². The molecule has 1 heterocycles. The molecule has 0 unspecified atom stereocenters. The van der Waals surface area contributed by atoms with E-state index in [0.29, 0.717) is 28.4 Å². The zero-order chi connectivity index (χ0) is 30.5. The van der Waals surface area contributed by atoms with Crippen LogP contribution in [0.15, 0.2) is 50.9 Å². The highest BCUT2D eigenvalue weighted by Crippen LogP contribution is 2.46. The van der Waals surface area contributed by atoms with E-state index in [1.807, 2.05) is 45.0 Å². The van der Waals surface area contributed by atoms with Gasteiger partial charge in [-0.05, 0) is 58.7 Å². The van der Waals surface area contributed by atoms with Crippen LogP contribution in [0, 0.1) is 0 Å². The second-order valence-corrected chi connectivity index (χ2v) is 14.4. The molecule has 4 aromatic rings. The first-order valence-electron chi connectivity index (χ1n) is 13.6. The minimum absolute atomic E-state index is 0.192. The molecule has 0 amide bonds. The van der Waals surface area contributed by atoms with Crippen LogP contribution in [0.25, 0.3) is 21.9 Å². The normalized spacial score (nSPS) is 12.5. The van der Waals surface area contributed by atoms with Gasteiger partial charge in [0.25, 0.3) is 0 Å². The lowest BCUT2D eigenvalue weighted by Gasteiger charge is -2.22. The van der Waals surface area contributed by atoms with Crippen LogP contribution in [0.2, 0.25) is 0 Å². The monoisotopic (exact) mass is 580 g/mol. The van der Waals surface area contributed by atoms with Crippen LogP contribution in [0.4, 0.5) is 0 Å². The fraction of sp³-hybridized carbons (Fsp3) is 0.424. The van der Waals surface area contributed by atoms with Crippen molar-refractivity contribution in [3.05, 3.63) is 64.7 Å². The zero-order valence-electron chi connectivity index (χ0n) is 25.9. The predicted molar refractivity (Wildman–Crippen MR) is 165 cm³/mol. The number of methoxy groups -OCH3 is 2. The quantitative estimate of drug-likeness (QED) is 0.251. The number of carboxylic acids is 1. The van der Waals surface area contributed by atoms with Crippen molar-refractivity contribution in [3.8, 4) is 17.2 Å². The number of ether oxygens (including phenoxy) is 2. The van der Waals surface area contributed by atoms with Crippen LogP contribution in [-0.4, -0.2) is 25.3 Å². The van der Waals surface area contributed by atoms with Gasteiger partial charge in [-0.3, -0.25) is 0 Å². The van der Waals surface area contributed by atoms with Crippen molar-refractivity contribution in [1.82, 2.24) is 0 Å². The van der Waals surface area contributed by atoms with Crippen molar-refractivity contribution in [2.75, 3.05) is 14.2 Å². The van der Waals surface area contributed by atoms with E-state index >= 15 is 0 Å². The summed E-state index contributed by atoms with van der Waals surface area (Å²) in [7, 11) is 1.29. The van der Waals surface area contributed by atoms with Crippen LogP contribution in [0.1, 0.15) is 89.4 Å². The summed E-state index contributed by atoms with van der Waals surface area (Å²) in [6, 6.07) is 12.8. The largest absolute Gasteiger partial charge is 0.497 e. The molecule has 4 rings (SSSR count). The Labute approximate surface area is 243 Å². The Hall–Kier alpha value is -3.57. The molecule has 1 N–H and O–H groups in total. The van der Waals surface area contributed by atoms with Crippen molar-refractivity contribution in [1.29, 1.82) is 0 Å². The van der Waals surface area contributed by atoms with Crippen molar-refractivity contribution >= 4 is 36.1 Å². The summed E-state index contributed by atoms with van der Waals surface area (Å²) in [4.78, 5) is 11.8. The van der Waals surface area contributed by atoms with E-state index in [2.05, 4.69) is 41.5 Å². The first-order valence-corrected chi connectivity index (χ1v) is 14.7. The van der Waals surface area contributed by atoms with Gasteiger partial charge in [0.2, 0.25) is 0 Å². The summed E-state index contributed by atoms with van der Waals surface area (Å²) in [6.07, 6.45) is 0. The molecule has 1 aromatic heterocycles. The first-order chi connectivity index (χ1) is 18.9. The molecule has 7 nitrogen and oxygen atoms in total. The van der Waals surface area contributed by atoms with Crippen LogP contribution in [0.5, 0.6) is 17.2 Å². The van der Waals surface area contributed by atoms with Crippen LogP contribution < -0.4 is 14.0 Å². The number of carboxylic acid groups (broad SMARTS) is 1. The van der Waals surface area contributed by atoms with E-state index in [1.54, 1.807) is 32.4 Å². The molecule has 0 aliphatic heterocycles. The summed E-state index contributed by atoms with van der Waals surface area (Å²) < 4.78 is 31.4. The SMILES string of the molecule is COc1cc(C(C)(C)C)c2op(Oc3ccc(C(=O)O)cc3C(C)(C)C)oc3c(C(C)(C)C)cc(OC)cc3c2c1. The minimum atomic E-state index is -2.02. The summed E-state index contributed by atoms with van der Waals surface area (Å²) in [5, 5.41) is 11.3. The maximum absolute atomic E-state index is 11.8. The third kappa shape index (κ3) is 6.20. The fourth-order valence-electron chi connectivity index (χ4n) is 4.77. The third-order valence-corrected chi connectivity index (χ3v) is 8.05. The molecule has 8 heteroatoms. The maximum atomic E-state index is 11.8. The van der Waals surface area contributed by atoms with Crippen LogP contribution in [-0.2, 0) is 16.2 Å². The Balaban J connectivity index is 2.19. The van der Waals surface area contributed by atoms with Crippen molar-refractivity contribution in [3.63, 3.8) is 0 Å². The lowest BCUT2D eigenvalue weighted by Crippen LogP contribution is -2.14. The third-order valence-electron chi connectivity index (χ3n) is 7.04. The Morgan fingerprint density at radius 1 is 0.683 bits per heavy atom. The summed E-state index contributed by atoms with van der Waals surface area (Å²) >= 11 is 0. The van der Waals surface area contributed by atoms with E-state index in [4.69, 9.17) is 22.4 Å². The van der Waals surface area contributed by atoms with Crippen molar-refractivity contribution in [2.24, 2.45) is 0 Å². The number of aromatic carboxylic acids is 1. The number of hydrogen-bond donors (Lipinski definition) is 1. The van der Waals surface area contributed by atoms with E-state index in [1.165, 1.54) is 0 Å². The standard InChI is InChI=1S/C33H41O7P/c1-31(2,3)24-14-19(30(34)35)12-13-27(24)38-41-39-28-22(15-20(36-10)17-25(28)32(4,5)6)23-16-21(37-11)18-26(29(23)40-41)33(7,8)9/h12-18H,1-11H3,(H,34,35). The summed E-state index contributed by atoms with van der Waals surface area (Å²) in [5.41, 5.74) is 3.13. The molecule has 3 aromatic carbocycles. The van der Waals surface area contributed by atoms with Gasteiger partial charge in [-0.1, -0.05) is 62.3 Å². The van der Waals surface area contributed by atoms with Crippen LogP contribution >= 0.6 is 8.24 Å². The predicted octanol–water partition coefficient (Wildman–Crippen LogP) is 9.74. The van der Waals surface area contributed by atoms with Gasteiger partial charge in [0.15, 0.2) is 0 Å². The first kappa shape index (κ1) is 30.4. The maximum Gasteiger partial charge on any atom is 0.453 e. The molecular weight excluding hydrogens is 539 g/mol. The Kier molecular flexibility index (Phi) is 7.92. The molecule has 0 saturated heterocycles. The van der Waals surface area contributed by atoms with E-state index in [0.717, 1.165) is 27.5 Å². The summed E-state index contributed by atoms with van der Waals surface area (Å²) in [6.45, 7) is 18.8. The highest BCUT2D eigenvalue weighted by Gasteiger charge is 2.27. The lowest BCUT2D eigenvalue weighted by atomic mass is 9.84. The second-order valence-electron chi connectivity index (χ2n) is 13.4. The van der Waals surface area contributed by atoms with Gasteiger partial charge >= 0.3 is 14.2 Å². The molecule has 0 aliphatic rings. The molecule has 0 radical (unpaired) electrons. The second kappa shape index (κ2) is 10.7. The average Bonchev–Trinajstić information content (AvgIpc) is 3.01. The number of rotatable bonds is 5. The number of benzene rings is 3. The fourth-order valence-corrected chi connectivity index (χ4v) is 5.89. The minimum Gasteiger partial charge on any atom is -0.497 e. The molecule has 0 fully saturated rings. The molecular formula is C33H41O7P. The Bertz CT molecular complexity index is 1580. The molecule has 0 aliphatic carbocycles. The number of carbonyl (C=O) groups is 1. The van der Waals surface area contributed by atoms with E-state index < -0.39 is 19.6 Å². The molecule has 41 heavy (non-hydrogen) atoms. The lowest BCUT2D eigenvalue weighted by molar-refractivity contribution is 0.0696. The van der Waals surface area contributed by atoms with E-state index in [9.17, 15) is 9.90 Å². The highest BCUT2D eigenvalue weighted by molar-refractivity contribution is 7.32. The Morgan fingerprint density at radius 2 is 1.12 bits per heavy atom. The van der Waals surface area contributed by atoms with Gasteiger partial charge in [0, 0.05) is 27.5 Å². The number of hydrogen-bond acceptors (Lipinski definition) is 6.